The third kappa shape index (κ3) is 4.37. The van der Waals surface area contributed by atoms with E-state index < -0.39 is 34.4 Å². The maximum absolute atomic E-state index is 11.9. The fourth-order valence-corrected chi connectivity index (χ4v) is 2.33. The summed E-state index contributed by atoms with van der Waals surface area (Å²) < 4.78 is 59.3. The van der Waals surface area contributed by atoms with Gasteiger partial charge >= 0.3 is 6.18 Å². The first-order chi connectivity index (χ1) is 7.15. The van der Waals surface area contributed by atoms with Crippen molar-refractivity contribution in [3.63, 3.8) is 0 Å². The minimum Gasteiger partial charge on any atom is -0.211 e. The maximum atomic E-state index is 11.9. The molecular weight excluding hydrogens is 245 g/mol. The molecule has 0 N–H and O–H groups in total. The van der Waals surface area contributed by atoms with Gasteiger partial charge in [0.25, 0.3) is 0 Å². The Morgan fingerprint density at radius 1 is 1.44 bits per heavy atom. The van der Waals surface area contributed by atoms with E-state index in [1.165, 1.54) is 6.92 Å². The summed E-state index contributed by atoms with van der Waals surface area (Å²) in [7, 11) is -2.91. The smallest absolute Gasteiger partial charge is 0.211 e. The van der Waals surface area contributed by atoms with E-state index >= 15 is 0 Å². The highest BCUT2D eigenvalue weighted by Gasteiger charge is 2.32. The zero-order valence-electron chi connectivity index (χ0n) is 8.95. The fourth-order valence-electron chi connectivity index (χ4n) is 0.997. The van der Waals surface area contributed by atoms with Crippen LogP contribution in [0.5, 0.6) is 0 Å². The van der Waals surface area contributed by atoms with Gasteiger partial charge in [0.05, 0.1) is 12.5 Å². The van der Waals surface area contributed by atoms with Crippen molar-refractivity contribution in [1.29, 1.82) is 5.26 Å². The van der Waals surface area contributed by atoms with Crippen LogP contribution in [0.25, 0.3) is 0 Å². The molecule has 0 aliphatic rings. The molecule has 4 nitrogen and oxygen atoms in total. The summed E-state index contributed by atoms with van der Waals surface area (Å²) in [5.41, 5.74) is 0. The molecule has 0 spiro atoms. The highest BCUT2D eigenvalue weighted by atomic mass is 32.2. The summed E-state index contributed by atoms with van der Waals surface area (Å²) in [6, 6.07) is 1.56. The summed E-state index contributed by atoms with van der Waals surface area (Å²) in [6.45, 7) is 0.826. The number of nitrogens with zero attached hydrogens (tertiary/aromatic N) is 2. The Labute approximate surface area is 92.7 Å². The largest absolute Gasteiger partial charge is 0.390 e. The van der Waals surface area contributed by atoms with Crippen LogP contribution in [0.4, 0.5) is 13.2 Å². The number of halogens is 3. The molecule has 0 aromatic heterocycles. The van der Waals surface area contributed by atoms with Gasteiger partial charge in [-0.1, -0.05) is 6.92 Å². The average molecular weight is 258 g/mol. The molecule has 1 unspecified atom stereocenters. The lowest BCUT2D eigenvalue weighted by Gasteiger charge is -2.20. The lowest BCUT2D eigenvalue weighted by molar-refractivity contribution is -0.135. The van der Waals surface area contributed by atoms with Crippen LogP contribution in [0, 0.1) is 11.3 Å². The number of rotatable bonds is 5. The third-order valence-electron chi connectivity index (χ3n) is 2.02. The first-order valence-corrected chi connectivity index (χ1v) is 6.07. The van der Waals surface area contributed by atoms with Crippen molar-refractivity contribution >= 4 is 10.0 Å². The second kappa shape index (κ2) is 5.50. The molecule has 0 aromatic carbocycles. The van der Waals surface area contributed by atoms with E-state index in [4.69, 9.17) is 5.26 Å². The van der Waals surface area contributed by atoms with E-state index in [9.17, 15) is 21.6 Å². The van der Waals surface area contributed by atoms with E-state index in [0.29, 0.717) is 4.31 Å². The fraction of sp³-hybridized carbons (Fsp3) is 0.875. The van der Waals surface area contributed by atoms with Crippen LogP contribution in [0.3, 0.4) is 0 Å². The van der Waals surface area contributed by atoms with Gasteiger partial charge in [-0.3, -0.25) is 0 Å². The molecule has 1 atom stereocenters. The van der Waals surface area contributed by atoms with Crippen molar-refractivity contribution in [2.45, 2.75) is 31.2 Å². The van der Waals surface area contributed by atoms with Crippen molar-refractivity contribution in [1.82, 2.24) is 4.31 Å². The topological polar surface area (TPSA) is 61.2 Å². The van der Waals surface area contributed by atoms with E-state index in [1.54, 1.807) is 6.07 Å². The zero-order chi connectivity index (χ0) is 13.0. The predicted molar refractivity (Wildman–Crippen MR) is 51.9 cm³/mol. The molecule has 0 bridgehead atoms. The number of hydrogen-bond donors (Lipinski definition) is 0. The summed E-state index contributed by atoms with van der Waals surface area (Å²) >= 11 is 0. The van der Waals surface area contributed by atoms with Gasteiger partial charge in [-0.25, -0.2) is 12.7 Å². The van der Waals surface area contributed by atoms with Gasteiger partial charge in [0, 0.05) is 13.6 Å². The van der Waals surface area contributed by atoms with Crippen LogP contribution in [0.2, 0.25) is 0 Å². The van der Waals surface area contributed by atoms with E-state index in [2.05, 4.69) is 0 Å². The zero-order valence-corrected chi connectivity index (χ0v) is 9.77. The minimum absolute atomic E-state index is 0.0508. The summed E-state index contributed by atoms with van der Waals surface area (Å²) in [6.07, 6.45) is -5.57. The normalized spacial score (nSPS) is 14.8. The van der Waals surface area contributed by atoms with Gasteiger partial charge in [-0.05, 0) is 6.42 Å². The molecule has 0 aliphatic heterocycles. The lowest BCUT2D eigenvalue weighted by Crippen LogP contribution is -2.37. The monoisotopic (exact) mass is 258 g/mol. The number of nitriles is 1. The number of hydrogen-bond acceptors (Lipinski definition) is 3. The van der Waals surface area contributed by atoms with Gasteiger partial charge in [0.2, 0.25) is 10.0 Å². The van der Waals surface area contributed by atoms with Gasteiger partial charge in [0.1, 0.15) is 0 Å². The second-order valence-electron chi connectivity index (χ2n) is 3.26. The van der Waals surface area contributed by atoms with Gasteiger partial charge in [-0.15, -0.1) is 0 Å². The Balaban J connectivity index is 4.61. The third-order valence-corrected chi connectivity index (χ3v) is 4.23. The van der Waals surface area contributed by atoms with E-state index in [0.717, 1.165) is 7.05 Å². The summed E-state index contributed by atoms with van der Waals surface area (Å²) in [5, 5.41) is 7.27. The maximum Gasteiger partial charge on any atom is 0.390 e. The van der Waals surface area contributed by atoms with Crippen molar-refractivity contribution in [2.75, 3.05) is 13.6 Å². The summed E-state index contributed by atoms with van der Waals surface area (Å²) in [4.78, 5) is 0. The Morgan fingerprint density at radius 3 is 2.25 bits per heavy atom. The molecule has 8 heteroatoms. The second-order valence-corrected chi connectivity index (χ2v) is 5.48. The van der Waals surface area contributed by atoms with Crippen LogP contribution in [-0.2, 0) is 10.0 Å². The van der Waals surface area contributed by atoms with Crippen LogP contribution in [0.1, 0.15) is 19.8 Å². The average Bonchev–Trinajstić information content (AvgIpc) is 2.14. The SMILES string of the molecule is CCC(C#N)S(=O)(=O)N(C)CCC(F)(F)F. The van der Waals surface area contributed by atoms with Crippen molar-refractivity contribution in [3.05, 3.63) is 0 Å². The Morgan fingerprint density at radius 2 is 1.94 bits per heavy atom. The Kier molecular flexibility index (Phi) is 5.22. The number of sulfonamides is 1. The van der Waals surface area contributed by atoms with Gasteiger partial charge in [-0.2, -0.15) is 18.4 Å². The molecular formula is C8H13F3N2O2S. The molecule has 0 rings (SSSR count). The standard InChI is InChI=1S/C8H13F3N2O2S/c1-3-7(6-12)16(14,15)13(2)5-4-8(9,10)11/h7H,3-5H2,1-2H3. The molecule has 94 valence electrons. The molecule has 16 heavy (non-hydrogen) atoms. The highest BCUT2D eigenvalue weighted by molar-refractivity contribution is 7.89. The Bertz CT molecular complexity index is 358. The highest BCUT2D eigenvalue weighted by Crippen LogP contribution is 2.21. The lowest BCUT2D eigenvalue weighted by atomic mass is 10.4. The first-order valence-electron chi connectivity index (χ1n) is 4.56. The van der Waals surface area contributed by atoms with Crippen molar-refractivity contribution < 1.29 is 21.6 Å². The van der Waals surface area contributed by atoms with Crippen LogP contribution in [-0.4, -0.2) is 37.7 Å². The minimum atomic E-state index is -4.40. The van der Waals surface area contributed by atoms with E-state index in [-0.39, 0.29) is 6.42 Å². The van der Waals surface area contributed by atoms with Crippen LogP contribution < -0.4 is 0 Å². The van der Waals surface area contributed by atoms with Crippen molar-refractivity contribution in [2.24, 2.45) is 0 Å². The van der Waals surface area contributed by atoms with Crippen molar-refractivity contribution in [3.8, 4) is 6.07 Å². The molecule has 0 aliphatic carbocycles. The molecule has 0 aromatic rings. The number of alkyl halides is 3. The predicted octanol–water partition coefficient (Wildman–Crippen LogP) is 1.50. The summed E-state index contributed by atoms with van der Waals surface area (Å²) in [5.74, 6) is 0. The van der Waals surface area contributed by atoms with Crippen LogP contribution >= 0.6 is 0 Å². The molecule has 0 saturated carbocycles. The molecule has 0 amide bonds. The van der Waals surface area contributed by atoms with Gasteiger partial charge < -0.3 is 0 Å². The molecule has 0 radical (unpaired) electrons. The quantitative estimate of drug-likeness (QED) is 0.750. The van der Waals surface area contributed by atoms with Gasteiger partial charge in [0.15, 0.2) is 5.25 Å². The van der Waals surface area contributed by atoms with Crippen LogP contribution in [0.15, 0.2) is 0 Å². The van der Waals surface area contributed by atoms with E-state index in [1.807, 2.05) is 0 Å². The molecule has 0 heterocycles. The molecule has 0 saturated heterocycles. The molecule has 0 fully saturated rings. The Hall–Kier alpha value is -0.810. The first kappa shape index (κ1) is 15.2.